The van der Waals surface area contributed by atoms with Crippen molar-refractivity contribution in [2.75, 3.05) is 5.32 Å². The normalized spacial score (nSPS) is 16.0. The van der Waals surface area contributed by atoms with Crippen LogP contribution in [-0.2, 0) is 9.59 Å². The molecule has 1 saturated carbocycles. The van der Waals surface area contributed by atoms with E-state index in [4.69, 9.17) is 0 Å². The van der Waals surface area contributed by atoms with Crippen LogP contribution < -0.4 is 10.6 Å². The number of hydrogen-bond donors (Lipinski definition) is 2. The number of aromatic nitrogens is 1. The number of nitrogens with zero attached hydrogens (tertiary/aromatic N) is 1. The summed E-state index contributed by atoms with van der Waals surface area (Å²) in [5.74, 6) is 0.145. The lowest BCUT2D eigenvalue weighted by molar-refractivity contribution is -0.130. The molecule has 1 aromatic heterocycles. The number of nitrogens with one attached hydrogen (secondary N) is 2. The van der Waals surface area contributed by atoms with Crippen molar-refractivity contribution in [1.29, 1.82) is 0 Å². The first-order valence-corrected chi connectivity index (χ1v) is 8.71. The van der Waals surface area contributed by atoms with Gasteiger partial charge in [0.25, 0.3) is 5.91 Å². The van der Waals surface area contributed by atoms with Gasteiger partial charge in [0.1, 0.15) is 11.4 Å². The monoisotopic (exact) mass is 337 g/mol. The minimum Gasteiger partial charge on any atom is -0.342 e. The topological polar surface area (TPSA) is 71.1 Å². The predicted molar refractivity (Wildman–Crippen MR) is 97.9 cm³/mol. The molecule has 130 valence electrons. The second-order valence-electron chi connectivity index (χ2n) is 6.58. The average Bonchev–Trinajstić information content (AvgIpc) is 2.63. The molecule has 1 aliphatic carbocycles. The molecule has 0 saturated heterocycles. The number of pyridine rings is 1. The number of benzene rings is 1. The van der Waals surface area contributed by atoms with Crippen molar-refractivity contribution < 1.29 is 9.59 Å². The highest BCUT2D eigenvalue weighted by molar-refractivity contribution is 6.00. The molecule has 0 atom stereocenters. The molecule has 0 bridgehead atoms. The average molecular weight is 337 g/mol. The van der Waals surface area contributed by atoms with Gasteiger partial charge in [0.2, 0.25) is 5.91 Å². The first kappa shape index (κ1) is 17.1. The van der Waals surface area contributed by atoms with Crippen LogP contribution in [0.2, 0.25) is 0 Å². The summed E-state index contributed by atoms with van der Waals surface area (Å²) in [5, 5.41) is 5.75. The second kappa shape index (κ2) is 7.47. The lowest BCUT2D eigenvalue weighted by atomic mass is 9.80. The summed E-state index contributed by atoms with van der Waals surface area (Å²) in [6.07, 6.45) is 6.05. The zero-order valence-electron chi connectivity index (χ0n) is 14.4. The summed E-state index contributed by atoms with van der Waals surface area (Å²) in [7, 11) is 0. The van der Waals surface area contributed by atoms with Crippen LogP contribution in [-0.4, -0.2) is 22.3 Å². The lowest BCUT2D eigenvalue weighted by Gasteiger charge is -2.36. The van der Waals surface area contributed by atoms with Gasteiger partial charge in [-0.3, -0.25) is 9.59 Å². The van der Waals surface area contributed by atoms with Gasteiger partial charge in [0.15, 0.2) is 0 Å². The molecule has 0 radical (unpaired) electrons. The van der Waals surface area contributed by atoms with Crippen molar-refractivity contribution >= 4 is 17.6 Å². The summed E-state index contributed by atoms with van der Waals surface area (Å²) in [6.45, 7) is 1.45. The number of carbonyl (C=O) groups is 2. The first-order chi connectivity index (χ1) is 12.1. The standard InChI is InChI=1S/C20H23N3O2/c1-15(24)23-20(12-6-3-7-13-20)19(25)22-18-11-10-17(14-21-18)16-8-4-2-5-9-16/h2,4-5,8-11,14H,3,6-7,12-13H2,1H3,(H,23,24)(H,21,22,25). The number of rotatable bonds is 4. The first-order valence-electron chi connectivity index (χ1n) is 8.71. The van der Waals surface area contributed by atoms with Gasteiger partial charge >= 0.3 is 0 Å². The largest absolute Gasteiger partial charge is 0.342 e. The van der Waals surface area contributed by atoms with Crippen LogP contribution in [0, 0.1) is 0 Å². The molecule has 1 aromatic carbocycles. The number of anilines is 1. The molecule has 0 aliphatic heterocycles. The van der Waals surface area contributed by atoms with Gasteiger partial charge in [-0.05, 0) is 30.5 Å². The Kier molecular flexibility index (Phi) is 5.12. The SMILES string of the molecule is CC(=O)NC1(C(=O)Nc2ccc(-c3ccccc3)cn2)CCCCC1. The van der Waals surface area contributed by atoms with Crippen LogP contribution in [0.1, 0.15) is 39.0 Å². The Morgan fingerprint density at radius 2 is 1.68 bits per heavy atom. The van der Waals surface area contributed by atoms with Crippen molar-refractivity contribution in [1.82, 2.24) is 10.3 Å². The summed E-state index contributed by atoms with van der Waals surface area (Å²) in [6, 6.07) is 13.7. The number of carbonyl (C=O) groups excluding carboxylic acids is 2. The Morgan fingerprint density at radius 1 is 0.960 bits per heavy atom. The summed E-state index contributed by atoms with van der Waals surface area (Å²) < 4.78 is 0. The summed E-state index contributed by atoms with van der Waals surface area (Å²) in [5.41, 5.74) is 1.26. The molecule has 0 spiro atoms. The van der Waals surface area contributed by atoms with Crippen LogP contribution in [0.15, 0.2) is 48.7 Å². The highest BCUT2D eigenvalue weighted by Gasteiger charge is 2.40. The van der Waals surface area contributed by atoms with Crippen molar-refractivity contribution in [2.45, 2.75) is 44.6 Å². The van der Waals surface area contributed by atoms with E-state index in [1.165, 1.54) is 6.92 Å². The van der Waals surface area contributed by atoms with Crippen LogP contribution in [0.5, 0.6) is 0 Å². The molecule has 1 aliphatic rings. The van der Waals surface area contributed by atoms with E-state index in [9.17, 15) is 9.59 Å². The molecule has 5 nitrogen and oxygen atoms in total. The quantitative estimate of drug-likeness (QED) is 0.896. The van der Waals surface area contributed by atoms with Gasteiger partial charge in [-0.15, -0.1) is 0 Å². The van der Waals surface area contributed by atoms with E-state index < -0.39 is 5.54 Å². The van der Waals surface area contributed by atoms with E-state index in [0.29, 0.717) is 18.7 Å². The van der Waals surface area contributed by atoms with Gasteiger partial charge in [0, 0.05) is 18.7 Å². The maximum Gasteiger partial charge on any atom is 0.251 e. The molecule has 1 fully saturated rings. The van der Waals surface area contributed by atoms with E-state index in [1.807, 2.05) is 36.4 Å². The molecule has 25 heavy (non-hydrogen) atoms. The van der Waals surface area contributed by atoms with Crippen LogP contribution in [0.25, 0.3) is 11.1 Å². The van der Waals surface area contributed by atoms with E-state index in [0.717, 1.165) is 30.4 Å². The molecule has 1 heterocycles. The Morgan fingerprint density at radius 3 is 2.28 bits per heavy atom. The maximum atomic E-state index is 12.8. The van der Waals surface area contributed by atoms with Gasteiger partial charge in [-0.1, -0.05) is 49.6 Å². The Balaban J connectivity index is 1.74. The molecule has 2 N–H and O–H groups in total. The minimum absolute atomic E-state index is 0.176. The van der Waals surface area contributed by atoms with Gasteiger partial charge in [-0.2, -0.15) is 0 Å². The molecular formula is C20H23N3O2. The van der Waals surface area contributed by atoms with Crippen molar-refractivity contribution in [3.05, 3.63) is 48.7 Å². The fourth-order valence-electron chi connectivity index (χ4n) is 3.41. The summed E-state index contributed by atoms with van der Waals surface area (Å²) >= 11 is 0. The third-order valence-electron chi connectivity index (χ3n) is 4.67. The molecule has 3 rings (SSSR count). The third kappa shape index (κ3) is 4.05. The van der Waals surface area contributed by atoms with E-state index in [-0.39, 0.29) is 11.8 Å². The lowest BCUT2D eigenvalue weighted by Crippen LogP contribution is -2.57. The van der Waals surface area contributed by atoms with E-state index in [1.54, 1.807) is 12.3 Å². The Bertz CT molecular complexity index is 735. The maximum absolute atomic E-state index is 12.8. The van der Waals surface area contributed by atoms with Crippen molar-refractivity contribution in [2.24, 2.45) is 0 Å². The highest BCUT2D eigenvalue weighted by Crippen LogP contribution is 2.29. The van der Waals surface area contributed by atoms with Gasteiger partial charge < -0.3 is 10.6 Å². The third-order valence-corrected chi connectivity index (χ3v) is 4.67. The molecular weight excluding hydrogens is 314 g/mol. The van der Waals surface area contributed by atoms with Gasteiger partial charge in [0.05, 0.1) is 0 Å². The van der Waals surface area contributed by atoms with Crippen LogP contribution in [0.4, 0.5) is 5.82 Å². The Labute approximate surface area is 147 Å². The van der Waals surface area contributed by atoms with Crippen LogP contribution >= 0.6 is 0 Å². The minimum atomic E-state index is -0.816. The predicted octanol–water partition coefficient (Wildman–Crippen LogP) is 3.53. The fraction of sp³-hybridized carbons (Fsp3) is 0.350. The molecule has 2 amide bonds. The zero-order chi connectivity index (χ0) is 17.7. The summed E-state index contributed by atoms with van der Waals surface area (Å²) in [4.78, 5) is 28.7. The molecule has 0 unspecified atom stereocenters. The van der Waals surface area contributed by atoms with E-state index in [2.05, 4.69) is 15.6 Å². The number of hydrogen-bond acceptors (Lipinski definition) is 3. The molecule has 5 heteroatoms. The van der Waals surface area contributed by atoms with E-state index >= 15 is 0 Å². The van der Waals surface area contributed by atoms with Crippen molar-refractivity contribution in [3.8, 4) is 11.1 Å². The molecule has 2 aromatic rings. The smallest absolute Gasteiger partial charge is 0.251 e. The number of amides is 2. The second-order valence-corrected chi connectivity index (χ2v) is 6.58. The Hall–Kier alpha value is -2.69. The van der Waals surface area contributed by atoms with Crippen LogP contribution in [0.3, 0.4) is 0 Å². The highest BCUT2D eigenvalue weighted by atomic mass is 16.2. The zero-order valence-corrected chi connectivity index (χ0v) is 14.4. The van der Waals surface area contributed by atoms with Gasteiger partial charge in [-0.25, -0.2) is 4.98 Å². The van der Waals surface area contributed by atoms with Crippen molar-refractivity contribution in [3.63, 3.8) is 0 Å². The fourth-order valence-corrected chi connectivity index (χ4v) is 3.41.